The molecule has 0 aromatic carbocycles. The van der Waals surface area contributed by atoms with Crippen molar-refractivity contribution in [1.82, 2.24) is 15.1 Å². The molecule has 3 aliphatic heterocycles. The second-order valence-electron chi connectivity index (χ2n) is 6.33. The third kappa shape index (κ3) is 1.92. The van der Waals surface area contributed by atoms with Crippen LogP contribution in [0.2, 0.25) is 0 Å². The number of nitrogens with zero attached hydrogens (tertiary/aromatic N) is 2. The van der Waals surface area contributed by atoms with Gasteiger partial charge in [0.15, 0.2) is 0 Å². The number of imide groups is 2. The normalized spacial score (nSPS) is 32.5. The molecular formula is C15H23N3O3. The van der Waals surface area contributed by atoms with Crippen molar-refractivity contribution in [3.05, 3.63) is 0 Å². The average Bonchev–Trinajstić information content (AvgIpc) is 3.04. The van der Waals surface area contributed by atoms with Crippen LogP contribution in [0.3, 0.4) is 0 Å². The van der Waals surface area contributed by atoms with Crippen molar-refractivity contribution in [2.45, 2.75) is 58.0 Å². The van der Waals surface area contributed by atoms with Crippen molar-refractivity contribution in [3.8, 4) is 0 Å². The second-order valence-corrected chi connectivity index (χ2v) is 6.33. The van der Waals surface area contributed by atoms with E-state index in [0.29, 0.717) is 12.8 Å². The number of hydrogen-bond acceptors (Lipinski definition) is 4. The Labute approximate surface area is 124 Å². The molecular weight excluding hydrogens is 270 g/mol. The van der Waals surface area contributed by atoms with Crippen LogP contribution in [-0.4, -0.2) is 52.8 Å². The van der Waals surface area contributed by atoms with Crippen LogP contribution in [0.5, 0.6) is 0 Å². The molecule has 0 bridgehead atoms. The van der Waals surface area contributed by atoms with E-state index < -0.39 is 17.4 Å². The number of rotatable bonds is 3. The van der Waals surface area contributed by atoms with Gasteiger partial charge in [0, 0.05) is 12.6 Å². The first-order chi connectivity index (χ1) is 10.0. The largest absolute Gasteiger partial charge is 0.331 e. The summed E-state index contributed by atoms with van der Waals surface area (Å²) in [5, 5.41) is 2.42. The number of fused-ring (bicyclic) bond motifs is 1. The highest BCUT2D eigenvalue weighted by Gasteiger charge is 2.55. The van der Waals surface area contributed by atoms with Crippen LogP contribution in [-0.2, 0) is 9.59 Å². The van der Waals surface area contributed by atoms with Crippen molar-refractivity contribution >= 4 is 17.8 Å². The summed E-state index contributed by atoms with van der Waals surface area (Å²) in [6.45, 7) is 5.67. The van der Waals surface area contributed by atoms with Crippen molar-refractivity contribution in [2.24, 2.45) is 5.41 Å². The van der Waals surface area contributed by atoms with Crippen LogP contribution >= 0.6 is 0 Å². The van der Waals surface area contributed by atoms with E-state index in [0.717, 1.165) is 32.4 Å². The van der Waals surface area contributed by atoms with Gasteiger partial charge >= 0.3 is 6.03 Å². The van der Waals surface area contributed by atoms with E-state index in [9.17, 15) is 14.4 Å². The van der Waals surface area contributed by atoms with Crippen LogP contribution in [0, 0.1) is 5.41 Å². The van der Waals surface area contributed by atoms with E-state index in [2.05, 4.69) is 10.2 Å². The first kappa shape index (κ1) is 14.5. The third-order valence-corrected chi connectivity index (χ3v) is 5.61. The molecule has 3 heterocycles. The van der Waals surface area contributed by atoms with E-state index in [-0.39, 0.29) is 18.0 Å². The summed E-state index contributed by atoms with van der Waals surface area (Å²) in [6, 6.07) is -0.328. The molecule has 0 saturated carbocycles. The van der Waals surface area contributed by atoms with E-state index >= 15 is 0 Å². The maximum atomic E-state index is 12.9. The van der Waals surface area contributed by atoms with E-state index in [4.69, 9.17) is 0 Å². The first-order valence-corrected chi connectivity index (χ1v) is 7.98. The van der Waals surface area contributed by atoms with E-state index in [1.165, 1.54) is 4.90 Å². The molecule has 1 N–H and O–H groups in total. The van der Waals surface area contributed by atoms with Crippen molar-refractivity contribution < 1.29 is 14.4 Å². The van der Waals surface area contributed by atoms with Gasteiger partial charge in [-0.1, -0.05) is 13.8 Å². The minimum Gasteiger partial charge on any atom is -0.298 e. The zero-order chi connectivity index (χ0) is 15.2. The Morgan fingerprint density at radius 1 is 1.10 bits per heavy atom. The van der Waals surface area contributed by atoms with Gasteiger partial charge < -0.3 is 0 Å². The molecule has 0 aliphatic carbocycles. The molecule has 116 valence electrons. The quantitative estimate of drug-likeness (QED) is 0.791. The summed E-state index contributed by atoms with van der Waals surface area (Å²) in [4.78, 5) is 41.1. The Bertz CT molecular complexity index is 487. The predicted molar refractivity (Wildman–Crippen MR) is 76.4 cm³/mol. The van der Waals surface area contributed by atoms with Crippen molar-refractivity contribution in [3.63, 3.8) is 0 Å². The van der Waals surface area contributed by atoms with Gasteiger partial charge in [-0.15, -0.1) is 0 Å². The molecule has 3 aliphatic rings. The maximum Gasteiger partial charge on any atom is 0.331 e. The van der Waals surface area contributed by atoms with Gasteiger partial charge in [0.2, 0.25) is 11.8 Å². The molecule has 6 heteroatoms. The molecule has 4 amide bonds. The Hall–Kier alpha value is -1.43. The highest BCUT2D eigenvalue weighted by Crippen LogP contribution is 2.38. The van der Waals surface area contributed by atoms with Gasteiger partial charge in [-0.3, -0.25) is 24.7 Å². The molecule has 0 aromatic heterocycles. The number of hydrogen-bond donors (Lipinski definition) is 1. The highest BCUT2D eigenvalue weighted by atomic mass is 16.2. The van der Waals surface area contributed by atoms with E-state index in [1.54, 1.807) is 0 Å². The van der Waals surface area contributed by atoms with Gasteiger partial charge in [-0.25, -0.2) is 4.79 Å². The number of carbonyl (C=O) groups is 3. The average molecular weight is 293 g/mol. The Kier molecular flexibility index (Phi) is 3.51. The molecule has 3 fully saturated rings. The number of nitrogens with one attached hydrogen (secondary N) is 1. The van der Waals surface area contributed by atoms with Crippen molar-refractivity contribution in [1.29, 1.82) is 0 Å². The van der Waals surface area contributed by atoms with Crippen LogP contribution in [0.25, 0.3) is 0 Å². The minimum absolute atomic E-state index is 0.0782. The standard InChI is InChI=1S/C15H23N3O3/c1-3-15(4-2)12(19)16-14(21)18(13(15)20)11-7-9-17-8-5-6-10(11)17/h10-11H,3-9H2,1-2H3,(H,16,19,21). The summed E-state index contributed by atoms with van der Waals surface area (Å²) >= 11 is 0. The molecule has 2 unspecified atom stereocenters. The lowest BCUT2D eigenvalue weighted by atomic mass is 9.78. The summed E-state index contributed by atoms with van der Waals surface area (Å²) in [7, 11) is 0. The molecule has 0 radical (unpaired) electrons. The van der Waals surface area contributed by atoms with E-state index in [1.807, 2.05) is 13.8 Å². The molecule has 3 rings (SSSR count). The fourth-order valence-corrected chi connectivity index (χ4v) is 4.23. The Balaban J connectivity index is 1.92. The topological polar surface area (TPSA) is 69.7 Å². The highest BCUT2D eigenvalue weighted by molar-refractivity contribution is 6.19. The van der Waals surface area contributed by atoms with Gasteiger partial charge in [0.1, 0.15) is 5.41 Å². The molecule has 6 nitrogen and oxygen atoms in total. The van der Waals surface area contributed by atoms with Gasteiger partial charge in [0.25, 0.3) is 0 Å². The third-order valence-electron chi connectivity index (χ3n) is 5.61. The summed E-state index contributed by atoms with van der Waals surface area (Å²) < 4.78 is 0. The van der Waals surface area contributed by atoms with Crippen molar-refractivity contribution in [2.75, 3.05) is 13.1 Å². The van der Waals surface area contributed by atoms with Crippen LogP contribution in [0.1, 0.15) is 46.0 Å². The fourth-order valence-electron chi connectivity index (χ4n) is 4.23. The molecule has 21 heavy (non-hydrogen) atoms. The second kappa shape index (κ2) is 5.09. The Morgan fingerprint density at radius 2 is 1.81 bits per heavy atom. The lowest BCUT2D eigenvalue weighted by Crippen LogP contribution is -2.67. The smallest absolute Gasteiger partial charge is 0.298 e. The first-order valence-electron chi connectivity index (χ1n) is 7.98. The Morgan fingerprint density at radius 3 is 2.48 bits per heavy atom. The van der Waals surface area contributed by atoms with Gasteiger partial charge in [-0.2, -0.15) is 0 Å². The lowest BCUT2D eigenvalue weighted by molar-refractivity contribution is -0.153. The molecule has 0 spiro atoms. The zero-order valence-electron chi connectivity index (χ0n) is 12.7. The van der Waals surface area contributed by atoms with Gasteiger partial charge in [-0.05, 0) is 38.6 Å². The van der Waals surface area contributed by atoms with Gasteiger partial charge in [0.05, 0.1) is 6.04 Å². The zero-order valence-corrected chi connectivity index (χ0v) is 12.7. The number of barbiturate groups is 1. The maximum absolute atomic E-state index is 12.9. The lowest BCUT2D eigenvalue weighted by Gasteiger charge is -2.42. The molecule has 0 aromatic rings. The summed E-state index contributed by atoms with van der Waals surface area (Å²) in [6.07, 6.45) is 3.83. The summed E-state index contributed by atoms with van der Waals surface area (Å²) in [5.74, 6) is -0.722. The summed E-state index contributed by atoms with van der Waals surface area (Å²) in [5.41, 5.74) is -1.07. The van der Waals surface area contributed by atoms with Crippen LogP contribution in [0.4, 0.5) is 4.79 Å². The van der Waals surface area contributed by atoms with Crippen LogP contribution < -0.4 is 5.32 Å². The number of amides is 4. The fraction of sp³-hybridized carbons (Fsp3) is 0.800. The van der Waals surface area contributed by atoms with Crippen LogP contribution in [0.15, 0.2) is 0 Å². The number of carbonyl (C=O) groups excluding carboxylic acids is 3. The minimum atomic E-state index is -1.07. The number of urea groups is 1. The predicted octanol–water partition coefficient (Wildman–Crippen LogP) is 1.11. The molecule has 3 saturated heterocycles. The monoisotopic (exact) mass is 293 g/mol. The molecule has 2 atom stereocenters. The SMILES string of the molecule is CCC1(CC)C(=O)NC(=O)N(C2CCN3CCCC23)C1=O.